The normalized spacial score (nSPS) is 10.2. The molecule has 0 bridgehead atoms. The molecule has 4 nitrogen and oxygen atoms in total. The van der Waals surface area contributed by atoms with Crippen molar-refractivity contribution in [2.45, 2.75) is 13.8 Å². The highest BCUT2D eigenvalue weighted by Crippen LogP contribution is 2.15. The molecule has 0 fully saturated rings. The van der Waals surface area contributed by atoms with Gasteiger partial charge in [0.1, 0.15) is 0 Å². The summed E-state index contributed by atoms with van der Waals surface area (Å²) >= 11 is 0. The molecule has 2 aromatic rings. The van der Waals surface area contributed by atoms with Crippen molar-refractivity contribution in [2.24, 2.45) is 0 Å². The van der Waals surface area contributed by atoms with Gasteiger partial charge in [-0.25, -0.2) is 9.78 Å². The third kappa shape index (κ3) is 2.20. The van der Waals surface area contributed by atoms with Crippen LogP contribution in [0.5, 0.6) is 0 Å². The minimum Gasteiger partial charge on any atom is -0.460 e. The SMILES string of the molecule is CCOC(=O)c1nccn1-c1ccccc1C. The van der Waals surface area contributed by atoms with E-state index in [4.69, 9.17) is 4.74 Å². The van der Waals surface area contributed by atoms with Crippen molar-refractivity contribution in [1.82, 2.24) is 9.55 Å². The molecule has 1 heterocycles. The quantitative estimate of drug-likeness (QED) is 0.760. The van der Waals surface area contributed by atoms with E-state index in [1.54, 1.807) is 23.9 Å². The minimum atomic E-state index is -0.402. The lowest BCUT2D eigenvalue weighted by atomic mass is 10.2. The molecule has 0 saturated carbocycles. The number of carbonyl (C=O) groups excluding carboxylic acids is 1. The molecule has 0 atom stereocenters. The Morgan fingerprint density at radius 1 is 1.41 bits per heavy atom. The molecule has 17 heavy (non-hydrogen) atoms. The number of imidazole rings is 1. The summed E-state index contributed by atoms with van der Waals surface area (Å²) in [5.41, 5.74) is 2.02. The summed E-state index contributed by atoms with van der Waals surface area (Å²) in [6.45, 7) is 4.11. The van der Waals surface area contributed by atoms with Crippen molar-refractivity contribution in [3.8, 4) is 5.69 Å². The van der Waals surface area contributed by atoms with E-state index in [1.165, 1.54) is 0 Å². The van der Waals surface area contributed by atoms with Gasteiger partial charge in [0, 0.05) is 12.4 Å². The molecule has 0 aliphatic heterocycles. The Balaban J connectivity index is 2.44. The van der Waals surface area contributed by atoms with Crippen LogP contribution in [0.2, 0.25) is 0 Å². The standard InChI is InChI=1S/C13H14N2O2/c1-3-17-13(16)12-14-8-9-15(12)11-7-5-4-6-10(11)2/h4-9H,3H2,1-2H3. The Labute approximate surface area is 99.9 Å². The van der Waals surface area contributed by atoms with Crippen molar-refractivity contribution >= 4 is 5.97 Å². The Hall–Kier alpha value is -2.10. The summed E-state index contributed by atoms with van der Waals surface area (Å²) in [6.07, 6.45) is 3.35. The van der Waals surface area contributed by atoms with Gasteiger partial charge in [0.05, 0.1) is 12.3 Å². The summed E-state index contributed by atoms with van der Waals surface area (Å²) in [4.78, 5) is 15.7. The molecule has 0 aliphatic rings. The maximum atomic E-state index is 11.7. The first-order chi connectivity index (χ1) is 8.24. The molecule has 0 aliphatic carbocycles. The second-order valence-corrected chi connectivity index (χ2v) is 3.63. The maximum Gasteiger partial charge on any atom is 0.374 e. The molecule has 0 amide bonds. The molecule has 88 valence electrons. The van der Waals surface area contributed by atoms with Gasteiger partial charge in [0.2, 0.25) is 5.82 Å². The zero-order valence-electron chi connectivity index (χ0n) is 9.88. The second kappa shape index (κ2) is 4.82. The number of hydrogen-bond donors (Lipinski definition) is 0. The topological polar surface area (TPSA) is 44.1 Å². The average Bonchev–Trinajstić information content (AvgIpc) is 2.79. The fourth-order valence-corrected chi connectivity index (χ4v) is 1.68. The van der Waals surface area contributed by atoms with Crippen LogP contribution in [-0.4, -0.2) is 22.1 Å². The number of esters is 1. The van der Waals surface area contributed by atoms with Gasteiger partial charge >= 0.3 is 5.97 Å². The van der Waals surface area contributed by atoms with E-state index >= 15 is 0 Å². The van der Waals surface area contributed by atoms with Crippen LogP contribution in [0.1, 0.15) is 23.1 Å². The summed E-state index contributed by atoms with van der Waals surface area (Å²) in [6, 6.07) is 7.82. The molecule has 1 aromatic carbocycles. The number of nitrogens with zero attached hydrogens (tertiary/aromatic N) is 2. The summed E-state index contributed by atoms with van der Waals surface area (Å²) < 4.78 is 6.71. The van der Waals surface area contributed by atoms with Gasteiger partial charge in [-0.15, -0.1) is 0 Å². The van der Waals surface area contributed by atoms with Crippen molar-refractivity contribution in [2.75, 3.05) is 6.61 Å². The number of para-hydroxylation sites is 1. The molecular weight excluding hydrogens is 216 g/mol. The number of aryl methyl sites for hydroxylation is 1. The monoisotopic (exact) mass is 230 g/mol. The van der Waals surface area contributed by atoms with Gasteiger partial charge in [-0.2, -0.15) is 0 Å². The van der Waals surface area contributed by atoms with Crippen molar-refractivity contribution in [3.63, 3.8) is 0 Å². The fraction of sp³-hybridized carbons (Fsp3) is 0.231. The fourth-order valence-electron chi connectivity index (χ4n) is 1.68. The molecule has 4 heteroatoms. The van der Waals surface area contributed by atoms with E-state index in [9.17, 15) is 4.79 Å². The molecule has 0 unspecified atom stereocenters. The smallest absolute Gasteiger partial charge is 0.374 e. The van der Waals surface area contributed by atoms with E-state index in [2.05, 4.69) is 4.98 Å². The number of benzene rings is 1. The van der Waals surface area contributed by atoms with Crippen LogP contribution in [-0.2, 0) is 4.74 Å². The van der Waals surface area contributed by atoms with Crippen LogP contribution in [0.3, 0.4) is 0 Å². The Morgan fingerprint density at radius 2 is 2.18 bits per heavy atom. The minimum absolute atomic E-state index is 0.307. The van der Waals surface area contributed by atoms with E-state index in [0.717, 1.165) is 11.3 Å². The van der Waals surface area contributed by atoms with Crippen molar-refractivity contribution in [3.05, 3.63) is 48.0 Å². The van der Waals surface area contributed by atoms with E-state index in [0.29, 0.717) is 12.4 Å². The molecule has 0 N–H and O–H groups in total. The first kappa shape index (κ1) is 11.4. The number of rotatable bonds is 3. The van der Waals surface area contributed by atoms with Gasteiger partial charge in [-0.05, 0) is 25.5 Å². The zero-order valence-corrected chi connectivity index (χ0v) is 9.88. The van der Waals surface area contributed by atoms with E-state index < -0.39 is 5.97 Å². The number of ether oxygens (including phenoxy) is 1. The summed E-state index contributed by atoms with van der Waals surface area (Å²) in [5.74, 6) is -0.0955. The van der Waals surface area contributed by atoms with Gasteiger partial charge in [0.25, 0.3) is 0 Å². The van der Waals surface area contributed by atoms with Crippen molar-refractivity contribution in [1.29, 1.82) is 0 Å². The molecule has 0 radical (unpaired) electrons. The first-order valence-electron chi connectivity index (χ1n) is 5.50. The third-order valence-corrected chi connectivity index (χ3v) is 2.47. The van der Waals surface area contributed by atoms with Crippen LogP contribution in [0.25, 0.3) is 5.69 Å². The first-order valence-corrected chi connectivity index (χ1v) is 5.50. The third-order valence-electron chi connectivity index (χ3n) is 2.47. The number of carbonyl (C=O) groups is 1. The highest BCUT2D eigenvalue weighted by Gasteiger charge is 2.15. The Bertz CT molecular complexity index is 532. The lowest BCUT2D eigenvalue weighted by Crippen LogP contribution is -2.12. The largest absolute Gasteiger partial charge is 0.460 e. The maximum absolute atomic E-state index is 11.7. The van der Waals surface area contributed by atoms with E-state index in [1.807, 2.05) is 31.2 Å². The summed E-state index contributed by atoms with van der Waals surface area (Å²) in [7, 11) is 0. The van der Waals surface area contributed by atoms with Crippen LogP contribution >= 0.6 is 0 Å². The highest BCUT2D eigenvalue weighted by atomic mass is 16.5. The zero-order chi connectivity index (χ0) is 12.3. The predicted molar refractivity (Wildman–Crippen MR) is 64.3 cm³/mol. The van der Waals surface area contributed by atoms with Crippen LogP contribution in [0.15, 0.2) is 36.7 Å². The lowest BCUT2D eigenvalue weighted by molar-refractivity contribution is 0.0510. The lowest BCUT2D eigenvalue weighted by Gasteiger charge is -2.09. The van der Waals surface area contributed by atoms with Gasteiger partial charge < -0.3 is 4.74 Å². The summed E-state index contributed by atoms with van der Waals surface area (Å²) in [5, 5.41) is 0. The van der Waals surface area contributed by atoms with Gasteiger partial charge in [-0.3, -0.25) is 4.57 Å². The van der Waals surface area contributed by atoms with E-state index in [-0.39, 0.29) is 0 Å². The average molecular weight is 230 g/mol. The molecular formula is C13H14N2O2. The van der Waals surface area contributed by atoms with Crippen molar-refractivity contribution < 1.29 is 9.53 Å². The number of hydrogen-bond acceptors (Lipinski definition) is 3. The van der Waals surface area contributed by atoms with Crippen LogP contribution in [0.4, 0.5) is 0 Å². The molecule has 2 rings (SSSR count). The van der Waals surface area contributed by atoms with Crippen LogP contribution in [0, 0.1) is 6.92 Å². The molecule has 0 spiro atoms. The molecule has 0 saturated heterocycles. The van der Waals surface area contributed by atoms with Crippen LogP contribution < -0.4 is 0 Å². The Morgan fingerprint density at radius 3 is 2.88 bits per heavy atom. The second-order valence-electron chi connectivity index (χ2n) is 3.63. The Kier molecular flexibility index (Phi) is 3.23. The number of aromatic nitrogens is 2. The van der Waals surface area contributed by atoms with Gasteiger partial charge in [-0.1, -0.05) is 18.2 Å². The van der Waals surface area contributed by atoms with Gasteiger partial charge in [0.15, 0.2) is 0 Å². The molecule has 1 aromatic heterocycles. The highest BCUT2D eigenvalue weighted by molar-refractivity contribution is 5.86. The predicted octanol–water partition coefficient (Wildman–Crippen LogP) is 2.36.